The maximum Gasteiger partial charge on any atom is 0.162 e. The van der Waals surface area contributed by atoms with Crippen LogP contribution in [-0.2, 0) is 9.59 Å². The summed E-state index contributed by atoms with van der Waals surface area (Å²) in [6.07, 6.45) is 11.0. The van der Waals surface area contributed by atoms with Crippen LogP contribution in [0.2, 0.25) is 0 Å². The van der Waals surface area contributed by atoms with Crippen molar-refractivity contribution in [3.8, 4) is 0 Å². The van der Waals surface area contributed by atoms with E-state index in [2.05, 4.69) is 62.0 Å². The number of carbonyl (C=O) groups is 2. The van der Waals surface area contributed by atoms with E-state index >= 15 is 0 Å². The first-order valence-electron chi connectivity index (χ1n) is 13.5. The predicted molar refractivity (Wildman–Crippen MR) is 140 cm³/mol. The SMILES string of the molecule is CC1(C)CC(=O)C2=C(C1)N(C1CCCCC1)C1=C(C(=O)CC(C)(C)C1)C2c1c[nH]c2ccccc12. The highest BCUT2D eigenvalue weighted by molar-refractivity contribution is 6.08. The maximum absolute atomic E-state index is 14.0. The summed E-state index contributed by atoms with van der Waals surface area (Å²) in [5, 5.41) is 1.12. The highest BCUT2D eigenvalue weighted by Gasteiger charge is 2.50. The van der Waals surface area contributed by atoms with E-state index in [0.717, 1.165) is 53.3 Å². The number of fused-ring (bicyclic) bond motifs is 1. The molecule has 0 amide bonds. The van der Waals surface area contributed by atoms with Gasteiger partial charge in [-0.1, -0.05) is 65.2 Å². The van der Waals surface area contributed by atoms with Gasteiger partial charge in [0.15, 0.2) is 11.6 Å². The van der Waals surface area contributed by atoms with Crippen LogP contribution in [0.1, 0.15) is 97.0 Å². The van der Waals surface area contributed by atoms with Crippen molar-refractivity contribution >= 4 is 22.5 Å². The molecule has 0 unspecified atom stereocenters. The summed E-state index contributed by atoms with van der Waals surface area (Å²) >= 11 is 0. The molecule has 184 valence electrons. The van der Waals surface area contributed by atoms with Gasteiger partial charge in [0.05, 0.1) is 0 Å². The van der Waals surface area contributed by atoms with Crippen molar-refractivity contribution in [1.82, 2.24) is 9.88 Å². The highest BCUT2D eigenvalue weighted by Crippen LogP contribution is 2.56. The number of carbonyl (C=O) groups excluding carboxylic acids is 2. The number of Topliss-reactive ketones (excluding diaryl/α,β-unsaturated/α-hetero) is 2. The summed E-state index contributed by atoms with van der Waals surface area (Å²) < 4.78 is 0. The van der Waals surface area contributed by atoms with Crippen LogP contribution in [0.4, 0.5) is 0 Å². The quantitative estimate of drug-likeness (QED) is 0.505. The lowest BCUT2D eigenvalue weighted by atomic mass is 9.63. The maximum atomic E-state index is 14.0. The van der Waals surface area contributed by atoms with E-state index in [9.17, 15) is 9.59 Å². The molecule has 0 atom stereocenters. The lowest BCUT2D eigenvalue weighted by Crippen LogP contribution is -2.48. The number of benzene rings is 1. The Bertz CT molecular complexity index is 1230. The first-order valence-corrected chi connectivity index (χ1v) is 13.5. The van der Waals surface area contributed by atoms with Crippen LogP contribution in [0.3, 0.4) is 0 Å². The Morgan fingerprint density at radius 3 is 1.97 bits per heavy atom. The van der Waals surface area contributed by atoms with E-state index in [1.807, 2.05) is 6.07 Å². The van der Waals surface area contributed by atoms with Crippen LogP contribution in [0.15, 0.2) is 53.0 Å². The number of hydrogen-bond donors (Lipinski definition) is 1. The number of aromatic nitrogens is 1. The van der Waals surface area contributed by atoms with E-state index in [0.29, 0.717) is 18.9 Å². The Morgan fingerprint density at radius 1 is 0.800 bits per heavy atom. The molecule has 1 aliphatic heterocycles. The van der Waals surface area contributed by atoms with Gasteiger partial charge in [-0.25, -0.2) is 0 Å². The molecule has 1 aromatic carbocycles. The topological polar surface area (TPSA) is 53.2 Å². The molecule has 1 saturated carbocycles. The molecule has 1 aromatic heterocycles. The molecule has 0 spiro atoms. The number of para-hydroxylation sites is 1. The fraction of sp³-hybridized carbons (Fsp3) is 0.548. The molecule has 4 heteroatoms. The zero-order chi connectivity index (χ0) is 24.5. The van der Waals surface area contributed by atoms with E-state index < -0.39 is 0 Å². The molecule has 0 radical (unpaired) electrons. The minimum absolute atomic E-state index is 0.0696. The number of H-pyrrole nitrogens is 1. The molecular formula is C31H38N2O2. The second kappa shape index (κ2) is 7.94. The van der Waals surface area contributed by atoms with Gasteiger partial charge in [0.1, 0.15) is 0 Å². The molecule has 3 aliphatic carbocycles. The average molecular weight is 471 g/mol. The van der Waals surface area contributed by atoms with Gasteiger partial charge in [0, 0.05) is 64.4 Å². The highest BCUT2D eigenvalue weighted by atomic mass is 16.1. The molecule has 4 nitrogen and oxygen atoms in total. The molecule has 2 heterocycles. The molecule has 1 fully saturated rings. The van der Waals surface area contributed by atoms with Crippen molar-refractivity contribution in [2.45, 2.75) is 97.4 Å². The summed E-state index contributed by atoms with van der Waals surface area (Å²) in [5.41, 5.74) is 6.27. The Balaban J connectivity index is 1.64. The summed E-state index contributed by atoms with van der Waals surface area (Å²) in [7, 11) is 0. The lowest BCUT2D eigenvalue weighted by Gasteiger charge is -2.52. The van der Waals surface area contributed by atoms with Crippen molar-refractivity contribution < 1.29 is 9.59 Å². The summed E-state index contributed by atoms with van der Waals surface area (Å²) in [6.45, 7) is 8.92. The summed E-state index contributed by atoms with van der Waals surface area (Å²) in [6, 6.07) is 8.69. The van der Waals surface area contributed by atoms with Gasteiger partial charge in [0.2, 0.25) is 0 Å². The Kier molecular flexibility index (Phi) is 5.18. The van der Waals surface area contributed by atoms with E-state index in [4.69, 9.17) is 0 Å². The van der Waals surface area contributed by atoms with Gasteiger partial charge < -0.3 is 9.88 Å². The van der Waals surface area contributed by atoms with Crippen molar-refractivity contribution in [2.75, 3.05) is 0 Å². The molecule has 4 aliphatic rings. The Hall–Kier alpha value is -2.62. The minimum atomic E-state index is -0.261. The number of ketones is 2. The van der Waals surface area contributed by atoms with Crippen molar-refractivity contribution in [1.29, 1.82) is 0 Å². The van der Waals surface area contributed by atoms with Gasteiger partial charge in [-0.3, -0.25) is 9.59 Å². The third-order valence-corrected chi connectivity index (χ3v) is 8.82. The third kappa shape index (κ3) is 3.72. The second-order valence-electron chi connectivity index (χ2n) is 13.0. The van der Waals surface area contributed by atoms with Crippen molar-refractivity contribution in [2.24, 2.45) is 10.8 Å². The summed E-state index contributed by atoms with van der Waals surface area (Å²) in [4.78, 5) is 34.0. The average Bonchev–Trinajstić information content (AvgIpc) is 3.20. The van der Waals surface area contributed by atoms with Gasteiger partial charge in [-0.2, -0.15) is 0 Å². The standard InChI is InChI=1S/C31H38N2O2/c1-30(2)14-23-28(25(34)16-30)27(21-18-32-22-13-9-8-12-20(21)22)29-24(15-31(3,4)17-26(29)35)33(23)19-10-6-5-7-11-19/h8-9,12-13,18-19,27,32H,5-7,10-11,14-17H2,1-4H3. The normalized spacial score (nSPS) is 25.3. The first-order chi connectivity index (χ1) is 16.7. The molecule has 35 heavy (non-hydrogen) atoms. The number of allylic oxidation sites excluding steroid dienone is 4. The third-order valence-electron chi connectivity index (χ3n) is 8.82. The van der Waals surface area contributed by atoms with Crippen LogP contribution >= 0.6 is 0 Å². The first kappa shape index (κ1) is 22.8. The van der Waals surface area contributed by atoms with Crippen LogP contribution < -0.4 is 0 Å². The number of nitrogens with one attached hydrogen (secondary N) is 1. The van der Waals surface area contributed by atoms with Gasteiger partial charge >= 0.3 is 0 Å². The smallest absolute Gasteiger partial charge is 0.162 e. The van der Waals surface area contributed by atoms with Gasteiger partial charge in [-0.05, 0) is 48.1 Å². The van der Waals surface area contributed by atoms with Crippen LogP contribution in [0.5, 0.6) is 0 Å². The number of aromatic amines is 1. The zero-order valence-corrected chi connectivity index (χ0v) is 21.7. The van der Waals surface area contributed by atoms with Crippen molar-refractivity contribution in [3.05, 3.63) is 58.6 Å². The number of hydrogen-bond acceptors (Lipinski definition) is 3. The number of nitrogens with zero attached hydrogens (tertiary/aromatic N) is 1. The fourth-order valence-corrected chi connectivity index (χ4v) is 7.42. The van der Waals surface area contributed by atoms with Crippen LogP contribution in [0, 0.1) is 10.8 Å². The molecular weight excluding hydrogens is 432 g/mol. The Labute approximate surface area is 208 Å². The van der Waals surface area contributed by atoms with Crippen LogP contribution in [0.25, 0.3) is 10.9 Å². The molecule has 6 rings (SSSR count). The van der Waals surface area contributed by atoms with E-state index in [1.165, 1.54) is 30.7 Å². The zero-order valence-electron chi connectivity index (χ0n) is 21.7. The lowest BCUT2D eigenvalue weighted by molar-refractivity contribution is -0.119. The predicted octanol–water partition coefficient (Wildman–Crippen LogP) is 7.19. The number of rotatable bonds is 2. The van der Waals surface area contributed by atoms with Gasteiger partial charge in [-0.15, -0.1) is 0 Å². The Morgan fingerprint density at radius 2 is 1.37 bits per heavy atom. The van der Waals surface area contributed by atoms with Gasteiger partial charge in [0.25, 0.3) is 0 Å². The molecule has 0 saturated heterocycles. The minimum Gasteiger partial charge on any atom is -0.361 e. The molecule has 2 aromatic rings. The van der Waals surface area contributed by atoms with E-state index in [-0.39, 0.29) is 28.3 Å². The fourth-order valence-electron chi connectivity index (χ4n) is 7.42. The summed E-state index contributed by atoms with van der Waals surface area (Å²) in [5.74, 6) is 0.205. The largest absolute Gasteiger partial charge is 0.361 e. The second-order valence-corrected chi connectivity index (χ2v) is 13.0. The van der Waals surface area contributed by atoms with E-state index in [1.54, 1.807) is 0 Å². The monoisotopic (exact) mass is 470 g/mol. The van der Waals surface area contributed by atoms with Crippen LogP contribution in [-0.4, -0.2) is 27.5 Å². The molecule has 1 N–H and O–H groups in total. The molecule has 0 bridgehead atoms. The van der Waals surface area contributed by atoms with Crippen molar-refractivity contribution in [3.63, 3.8) is 0 Å².